The summed E-state index contributed by atoms with van der Waals surface area (Å²) < 4.78 is 3.94. The fourth-order valence-electron chi connectivity index (χ4n) is 2.59. The quantitative estimate of drug-likeness (QED) is 0.788. The Morgan fingerprint density at radius 3 is 2.80 bits per heavy atom. The zero-order valence-electron chi connectivity index (χ0n) is 12.1. The summed E-state index contributed by atoms with van der Waals surface area (Å²) in [4.78, 5) is 4.58. The van der Waals surface area contributed by atoms with E-state index in [2.05, 4.69) is 32.8 Å². The van der Waals surface area contributed by atoms with E-state index in [0.29, 0.717) is 6.54 Å². The van der Waals surface area contributed by atoms with Crippen LogP contribution in [0.25, 0.3) is 22.3 Å². The highest BCUT2D eigenvalue weighted by Gasteiger charge is 2.12. The van der Waals surface area contributed by atoms with Gasteiger partial charge in [-0.2, -0.15) is 5.10 Å². The molecule has 2 N–H and O–H groups in total. The molecule has 0 saturated carbocycles. The van der Waals surface area contributed by atoms with Crippen molar-refractivity contribution in [3.8, 4) is 11.3 Å². The van der Waals surface area contributed by atoms with E-state index in [9.17, 15) is 0 Å². The molecule has 5 heteroatoms. The fourth-order valence-corrected chi connectivity index (χ4v) is 2.59. The Kier molecular flexibility index (Phi) is 3.06. The molecular weight excluding hydrogens is 250 g/mol. The number of aryl methyl sites for hydroxylation is 3. The van der Waals surface area contributed by atoms with Gasteiger partial charge in [0.2, 0.25) is 0 Å². The molecule has 5 nitrogen and oxygen atoms in total. The van der Waals surface area contributed by atoms with E-state index in [0.717, 1.165) is 34.5 Å². The normalized spacial score (nSPS) is 11.4. The summed E-state index contributed by atoms with van der Waals surface area (Å²) in [6.45, 7) is 2.64. The summed E-state index contributed by atoms with van der Waals surface area (Å²) in [5, 5.41) is 4.56. The third kappa shape index (κ3) is 2.00. The third-order valence-corrected chi connectivity index (χ3v) is 3.70. The van der Waals surface area contributed by atoms with Crippen LogP contribution in [0.1, 0.15) is 11.4 Å². The first-order chi connectivity index (χ1) is 9.60. The monoisotopic (exact) mass is 269 g/mol. The van der Waals surface area contributed by atoms with Gasteiger partial charge in [0.15, 0.2) is 0 Å². The molecule has 0 aliphatic rings. The molecule has 0 fully saturated rings. The number of benzene rings is 1. The van der Waals surface area contributed by atoms with E-state index in [1.165, 1.54) is 5.56 Å². The number of imidazole rings is 1. The second-order valence-corrected chi connectivity index (χ2v) is 5.14. The number of hydrogen-bond donors (Lipinski definition) is 1. The van der Waals surface area contributed by atoms with E-state index >= 15 is 0 Å². The number of nitrogens with zero attached hydrogens (tertiary/aromatic N) is 4. The van der Waals surface area contributed by atoms with Crippen LogP contribution in [0.5, 0.6) is 0 Å². The minimum absolute atomic E-state index is 0.629. The van der Waals surface area contributed by atoms with Crippen molar-refractivity contribution in [3.63, 3.8) is 0 Å². The van der Waals surface area contributed by atoms with Gasteiger partial charge >= 0.3 is 0 Å². The van der Waals surface area contributed by atoms with E-state index in [1.807, 2.05) is 31.9 Å². The van der Waals surface area contributed by atoms with Crippen LogP contribution < -0.4 is 5.73 Å². The highest BCUT2D eigenvalue weighted by atomic mass is 15.3. The predicted molar refractivity (Wildman–Crippen MR) is 80.4 cm³/mol. The zero-order valence-corrected chi connectivity index (χ0v) is 12.1. The van der Waals surface area contributed by atoms with Crippen molar-refractivity contribution in [1.29, 1.82) is 0 Å². The number of fused-ring (bicyclic) bond motifs is 1. The maximum atomic E-state index is 5.68. The Bertz CT molecular complexity index is 766. The Hall–Kier alpha value is -2.14. The summed E-state index contributed by atoms with van der Waals surface area (Å²) in [6, 6.07) is 6.31. The molecule has 3 rings (SSSR count). The van der Waals surface area contributed by atoms with E-state index in [1.54, 1.807) is 0 Å². The Morgan fingerprint density at radius 1 is 1.25 bits per heavy atom. The highest BCUT2D eigenvalue weighted by molar-refractivity contribution is 5.82. The SMILES string of the molecule is Cc1nc2cc(-c3nn(C)cc3CCN)ccc2n1C. The lowest BCUT2D eigenvalue weighted by Gasteiger charge is -2.02. The minimum Gasteiger partial charge on any atom is -0.331 e. The van der Waals surface area contributed by atoms with Gasteiger partial charge in [-0.25, -0.2) is 4.98 Å². The predicted octanol–water partition coefficient (Wildman–Crippen LogP) is 1.78. The van der Waals surface area contributed by atoms with Gasteiger partial charge in [-0.1, -0.05) is 6.07 Å². The minimum atomic E-state index is 0.629. The average molecular weight is 269 g/mol. The number of aromatic nitrogens is 4. The zero-order chi connectivity index (χ0) is 14.3. The van der Waals surface area contributed by atoms with Gasteiger partial charge in [-0.3, -0.25) is 4.68 Å². The smallest absolute Gasteiger partial charge is 0.106 e. The van der Waals surface area contributed by atoms with Gasteiger partial charge in [0, 0.05) is 25.9 Å². The van der Waals surface area contributed by atoms with E-state index < -0.39 is 0 Å². The standard InChI is InChI=1S/C15H19N5/c1-10-17-13-8-11(4-5-14(13)20(10)3)15-12(6-7-16)9-19(2)18-15/h4-5,8-9H,6-7,16H2,1-3H3. The topological polar surface area (TPSA) is 61.7 Å². The molecule has 2 heterocycles. The van der Waals surface area contributed by atoms with Crippen molar-refractivity contribution < 1.29 is 0 Å². The number of nitrogens with two attached hydrogens (primary N) is 1. The average Bonchev–Trinajstić information content (AvgIpc) is 2.91. The van der Waals surface area contributed by atoms with Crippen molar-refractivity contribution in [2.75, 3.05) is 6.54 Å². The largest absolute Gasteiger partial charge is 0.331 e. The van der Waals surface area contributed by atoms with Crippen LogP contribution in [-0.2, 0) is 20.5 Å². The van der Waals surface area contributed by atoms with Crippen molar-refractivity contribution in [2.24, 2.45) is 19.8 Å². The Morgan fingerprint density at radius 2 is 2.05 bits per heavy atom. The molecule has 0 aliphatic heterocycles. The summed E-state index contributed by atoms with van der Waals surface area (Å²) in [5.74, 6) is 1.01. The van der Waals surface area contributed by atoms with Gasteiger partial charge in [0.1, 0.15) is 5.82 Å². The number of hydrogen-bond acceptors (Lipinski definition) is 3. The van der Waals surface area contributed by atoms with Crippen molar-refractivity contribution in [3.05, 3.63) is 35.8 Å². The highest BCUT2D eigenvalue weighted by Crippen LogP contribution is 2.26. The van der Waals surface area contributed by atoms with Gasteiger partial charge in [-0.05, 0) is 37.6 Å². The van der Waals surface area contributed by atoms with Crippen molar-refractivity contribution in [1.82, 2.24) is 19.3 Å². The Balaban J connectivity index is 2.14. The molecule has 0 radical (unpaired) electrons. The van der Waals surface area contributed by atoms with Crippen molar-refractivity contribution in [2.45, 2.75) is 13.3 Å². The van der Waals surface area contributed by atoms with Crippen molar-refractivity contribution >= 4 is 11.0 Å². The molecule has 0 aliphatic carbocycles. The third-order valence-electron chi connectivity index (χ3n) is 3.70. The molecule has 0 spiro atoms. The lowest BCUT2D eigenvalue weighted by Crippen LogP contribution is -2.02. The lowest BCUT2D eigenvalue weighted by molar-refractivity contribution is 0.769. The lowest BCUT2D eigenvalue weighted by atomic mass is 10.1. The summed E-state index contributed by atoms with van der Waals surface area (Å²) in [6.07, 6.45) is 2.87. The molecule has 20 heavy (non-hydrogen) atoms. The molecule has 104 valence electrons. The molecule has 0 bridgehead atoms. The second-order valence-electron chi connectivity index (χ2n) is 5.14. The Labute approximate surface area is 118 Å². The summed E-state index contributed by atoms with van der Waals surface area (Å²) >= 11 is 0. The molecule has 3 aromatic rings. The van der Waals surface area contributed by atoms with E-state index in [4.69, 9.17) is 5.73 Å². The van der Waals surface area contributed by atoms with Crippen LogP contribution in [0.2, 0.25) is 0 Å². The summed E-state index contributed by atoms with van der Waals surface area (Å²) in [5.41, 5.74) is 11.1. The van der Waals surface area contributed by atoms with Crippen LogP contribution >= 0.6 is 0 Å². The number of rotatable bonds is 3. The van der Waals surface area contributed by atoms with Gasteiger partial charge < -0.3 is 10.3 Å². The second kappa shape index (κ2) is 4.76. The molecular formula is C15H19N5. The first-order valence-electron chi connectivity index (χ1n) is 6.76. The molecule has 0 saturated heterocycles. The molecule has 0 amide bonds. The molecule has 0 atom stereocenters. The van der Waals surface area contributed by atoms with Crippen LogP contribution in [0.15, 0.2) is 24.4 Å². The van der Waals surface area contributed by atoms with Crippen LogP contribution in [0, 0.1) is 6.92 Å². The maximum Gasteiger partial charge on any atom is 0.106 e. The molecule has 2 aromatic heterocycles. The van der Waals surface area contributed by atoms with Crippen LogP contribution in [0.3, 0.4) is 0 Å². The molecule has 1 aromatic carbocycles. The van der Waals surface area contributed by atoms with Gasteiger partial charge in [0.05, 0.1) is 16.7 Å². The van der Waals surface area contributed by atoms with Gasteiger partial charge in [0.25, 0.3) is 0 Å². The first kappa shape index (κ1) is 12.9. The fraction of sp³-hybridized carbons (Fsp3) is 0.333. The van der Waals surface area contributed by atoms with Crippen LogP contribution in [-0.4, -0.2) is 25.9 Å². The van der Waals surface area contributed by atoms with E-state index in [-0.39, 0.29) is 0 Å². The molecule has 0 unspecified atom stereocenters. The van der Waals surface area contributed by atoms with Crippen LogP contribution in [0.4, 0.5) is 0 Å². The van der Waals surface area contributed by atoms with Gasteiger partial charge in [-0.15, -0.1) is 0 Å². The maximum absolute atomic E-state index is 5.68. The first-order valence-corrected chi connectivity index (χ1v) is 6.76. The summed E-state index contributed by atoms with van der Waals surface area (Å²) in [7, 11) is 3.97.